The highest BCUT2D eigenvalue weighted by molar-refractivity contribution is 6.08. The Morgan fingerprint density at radius 1 is 1.07 bits per heavy atom. The fourth-order valence-corrected chi connectivity index (χ4v) is 1.27. The third-order valence-corrected chi connectivity index (χ3v) is 2.03. The number of benzene rings is 1. The highest BCUT2D eigenvalue weighted by Gasteiger charge is 2.08. The van der Waals surface area contributed by atoms with Crippen molar-refractivity contribution >= 4 is 5.78 Å². The maximum atomic E-state index is 12.6. The van der Waals surface area contributed by atoms with Gasteiger partial charge in [0, 0.05) is 23.5 Å². The van der Waals surface area contributed by atoms with Gasteiger partial charge in [0.15, 0.2) is 5.78 Å². The van der Waals surface area contributed by atoms with Gasteiger partial charge in [-0.1, -0.05) is 0 Å². The summed E-state index contributed by atoms with van der Waals surface area (Å²) in [6, 6.07) is 8.83. The van der Waals surface area contributed by atoms with Gasteiger partial charge in [-0.05, 0) is 36.4 Å². The quantitative estimate of drug-likeness (QED) is 0.698. The molecule has 0 radical (unpaired) electrons. The first-order chi connectivity index (χ1) is 7.27. The fraction of sp³-hybridized carbons (Fsp3) is 0. The van der Waals surface area contributed by atoms with Crippen LogP contribution in [0.1, 0.15) is 15.9 Å². The van der Waals surface area contributed by atoms with Crippen molar-refractivity contribution in [2.24, 2.45) is 0 Å². The maximum Gasteiger partial charge on any atom is 0.194 e. The molecule has 15 heavy (non-hydrogen) atoms. The lowest BCUT2D eigenvalue weighted by molar-refractivity contribution is 0.103. The molecule has 3 heteroatoms. The van der Waals surface area contributed by atoms with Crippen LogP contribution in [0.15, 0.2) is 48.8 Å². The standard InChI is InChI=1S/C12H8FNO/c13-11-5-3-9(4-6-11)12(15)10-2-1-7-14-8-10/h1-8H. The van der Waals surface area contributed by atoms with Gasteiger partial charge >= 0.3 is 0 Å². The third-order valence-electron chi connectivity index (χ3n) is 2.03. The number of carbonyl (C=O) groups excluding carboxylic acids is 1. The van der Waals surface area contributed by atoms with Gasteiger partial charge in [-0.3, -0.25) is 9.78 Å². The number of carbonyl (C=O) groups is 1. The number of aromatic nitrogens is 1. The summed E-state index contributed by atoms with van der Waals surface area (Å²) in [5, 5.41) is 0. The van der Waals surface area contributed by atoms with Crippen molar-refractivity contribution in [1.29, 1.82) is 0 Å². The van der Waals surface area contributed by atoms with Gasteiger partial charge in [-0.2, -0.15) is 0 Å². The number of rotatable bonds is 2. The molecule has 0 bridgehead atoms. The first-order valence-electron chi connectivity index (χ1n) is 4.47. The van der Waals surface area contributed by atoms with Crippen LogP contribution in [0.25, 0.3) is 0 Å². The molecule has 0 atom stereocenters. The number of pyridine rings is 1. The molecule has 0 aliphatic heterocycles. The van der Waals surface area contributed by atoms with Crippen molar-refractivity contribution in [2.45, 2.75) is 0 Å². The fourth-order valence-electron chi connectivity index (χ4n) is 1.27. The van der Waals surface area contributed by atoms with Gasteiger partial charge in [-0.15, -0.1) is 0 Å². The molecule has 2 nitrogen and oxygen atoms in total. The Labute approximate surface area is 86.4 Å². The number of halogens is 1. The molecule has 1 aromatic carbocycles. The predicted molar refractivity (Wildman–Crippen MR) is 54.1 cm³/mol. The highest BCUT2D eigenvalue weighted by atomic mass is 19.1. The Morgan fingerprint density at radius 2 is 1.80 bits per heavy atom. The molecular weight excluding hydrogens is 193 g/mol. The lowest BCUT2D eigenvalue weighted by Crippen LogP contribution is -2.01. The Bertz CT molecular complexity index is 465. The van der Waals surface area contributed by atoms with E-state index in [1.807, 2.05) is 0 Å². The van der Waals surface area contributed by atoms with Gasteiger partial charge in [0.2, 0.25) is 0 Å². The monoisotopic (exact) mass is 201 g/mol. The summed E-state index contributed by atoms with van der Waals surface area (Å²) in [5.74, 6) is -0.499. The smallest absolute Gasteiger partial charge is 0.194 e. The predicted octanol–water partition coefficient (Wildman–Crippen LogP) is 2.45. The van der Waals surface area contributed by atoms with Crippen LogP contribution in [0, 0.1) is 5.82 Å². The number of hydrogen-bond donors (Lipinski definition) is 0. The topological polar surface area (TPSA) is 30.0 Å². The first kappa shape index (κ1) is 9.52. The molecule has 0 unspecified atom stereocenters. The SMILES string of the molecule is O=C(c1ccc(F)cc1)c1cccnc1. The molecule has 0 aliphatic rings. The molecule has 74 valence electrons. The van der Waals surface area contributed by atoms with Crippen LogP contribution in [0.4, 0.5) is 4.39 Å². The second-order valence-corrected chi connectivity index (χ2v) is 3.08. The summed E-state index contributed by atoms with van der Waals surface area (Å²) >= 11 is 0. The Kier molecular flexibility index (Phi) is 2.54. The lowest BCUT2D eigenvalue weighted by atomic mass is 10.1. The van der Waals surface area contributed by atoms with Crippen molar-refractivity contribution < 1.29 is 9.18 Å². The van der Waals surface area contributed by atoms with E-state index in [2.05, 4.69) is 4.98 Å². The molecule has 0 amide bonds. The third kappa shape index (κ3) is 2.07. The van der Waals surface area contributed by atoms with E-state index in [-0.39, 0.29) is 11.6 Å². The lowest BCUT2D eigenvalue weighted by Gasteiger charge is -1.99. The number of hydrogen-bond acceptors (Lipinski definition) is 2. The van der Waals surface area contributed by atoms with Crippen LogP contribution >= 0.6 is 0 Å². The maximum absolute atomic E-state index is 12.6. The van der Waals surface area contributed by atoms with E-state index in [1.165, 1.54) is 30.5 Å². The van der Waals surface area contributed by atoms with E-state index in [1.54, 1.807) is 18.3 Å². The average molecular weight is 201 g/mol. The number of nitrogens with zero attached hydrogens (tertiary/aromatic N) is 1. The van der Waals surface area contributed by atoms with Gasteiger partial charge in [0.05, 0.1) is 0 Å². The summed E-state index contributed by atoms with van der Waals surface area (Å²) in [5.41, 5.74) is 0.966. The molecule has 0 saturated carbocycles. The summed E-state index contributed by atoms with van der Waals surface area (Å²) in [4.78, 5) is 15.6. The molecule has 0 N–H and O–H groups in total. The summed E-state index contributed by atoms with van der Waals surface area (Å²) < 4.78 is 12.6. The van der Waals surface area contributed by atoms with Crippen molar-refractivity contribution in [2.75, 3.05) is 0 Å². The van der Waals surface area contributed by atoms with Crippen molar-refractivity contribution in [1.82, 2.24) is 4.98 Å². The van der Waals surface area contributed by atoms with E-state index in [0.29, 0.717) is 11.1 Å². The molecule has 0 aliphatic carbocycles. The van der Waals surface area contributed by atoms with Crippen molar-refractivity contribution in [3.63, 3.8) is 0 Å². The average Bonchev–Trinajstić information content (AvgIpc) is 2.30. The van der Waals surface area contributed by atoms with Crippen LogP contribution in [0.3, 0.4) is 0 Å². The van der Waals surface area contributed by atoms with Crippen LogP contribution in [-0.2, 0) is 0 Å². The minimum Gasteiger partial charge on any atom is -0.289 e. The van der Waals surface area contributed by atoms with E-state index in [4.69, 9.17) is 0 Å². The van der Waals surface area contributed by atoms with E-state index >= 15 is 0 Å². The van der Waals surface area contributed by atoms with E-state index < -0.39 is 0 Å². The van der Waals surface area contributed by atoms with Gasteiger partial charge in [0.1, 0.15) is 5.82 Å². The molecular formula is C12H8FNO. The second-order valence-electron chi connectivity index (χ2n) is 3.08. The molecule has 1 aromatic heterocycles. The van der Waals surface area contributed by atoms with E-state index in [0.717, 1.165) is 0 Å². The molecule has 0 spiro atoms. The van der Waals surface area contributed by atoms with Crippen LogP contribution in [0.5, 0.6) is 0 Å². The Morgan fingerprint density at radius 3 is 2.40 bits per heavy atom. The summed E-state index contributed by atoms with van der Waals surface area (Å²) in [6.45, 7) is 0. The Hall–Kier alpha value is -2.03. The minimum absolute atomic E-state index is 0.150. The van der Waals surface area contributed by atoms with E-state index in [9.17, 15) is 9.18 Å². The minimum atomic E-state index is -0.349. The summed E-state index contributed by atoms with van der Waals surface area (Å²) in [7, 11) is 0. The molecule has 2 rings (SSSR count). The van der Waals surface area contributed by atoms with Crippen LogP contribution < -0.4 is 0 Å². The molecule has 0 saturated heterocycles. The first-order valence-corrected chi connectivity index (χ1v) is 4.47. The van der Waals surface area contributed by atoms with Gasteiger partial charge in [0.25, 0.3) is 0 Å². The molecule has 2 aromatic rings. The second kappa shape index (κ2) is 4.00. The summed E-state index contributed by atoms with van der Waals surface area (Å²) in [6.07, 6.45) is 3.09. The van der Waals surface area contributed by atoms with Gasteiger partial charge < -0.3 is 0 Å². The Balaban J connectivity index is 2.33. The molecule has 1 heterocycles. The van der Waals surface area contributed by atoms with Crippen LogP contribution in [0.2, 0.25) is 0 Å². The highest BCUT2D eigenvalue weighted by Crippen LogP contribution is 2.09. The van der Waals surface area contributed by atoms with Crippen molar-refractivity contribution in [3.8, 4) is 0 Å². The zero-order valence-electron chi connectivity index (χ0n) is 7.85. The zero-order valence-corrected chi connectivity index (χ0v) is 7.85. The zero-order chi connectivity index (χ0) is 10.7. The normalized spacial score (nSPS) is 9.93. The van der Waals surface area contributed by atoms with Crippen molar-refractivity contribution in [3.05, 3.63) is 65.7 Å². The number of ketones is 1. The molecule has 0 fully saturated rings. The largest absolute Gasteiger partial charge is 0.289 e. The van der Waals surface area contributed by atoms with Gasteiger partial charge in [-0.25, -0.2) is 4.39 Å². The van der Waals surface area contributed by atoms with Crippen LogP contribution in [-0.4, -0.2) is 10.8 Å².